The van der Waals surface area contributed by atoms with Gasteiger partial charge in [-0.3, -0.25) is 9.13 Å². The molecule has 0 saturated carbocycles. The highest BCUT2D eigenvalue weighted by Gasteiger charge is 2.13. The Hall–Kier alpha value is -3.38. The molecule has 0 saturated heterocycles. The number of imidazole rings is 2. The zero-order valence-electron chi connectivity index (χ0n) is 16.2. The molecule has 7 heteroatoms. The highest BCUT2D eigenvalue weighted by Crippen LogP contribution is 2.22. The first-order valence-electron chi connectivity index (χ1n) is 9.26. The molecule has 0 atom stereocenters. The van der Waals surface area contributed by atoms with Gasteiger partial charge in [-0.25, -0.2) is 14.8 Å². The van der Waals surface area contributed by atoms with Crippen molar-refractivity contribution < 1.29 is 0 Å². The topological polar surface area (TPSA) is 68.5 Å². The number of nitrogens with zero attached hydrogens (tertiary/aromatic N) is 4. The first kappa shape index (κ1) is 19.0. The molecule has 4 rings (SSSR count). The Morgan fingerprint density at radius 2 is 2.14 bits per heavy atom. The van der Waals surface area contributed by atoms with Crippen LogP contribution in [0.15, 0.2) is 66.1 Å². The zero-order valence-corrected chi connectivity index (χ0v) is 16.9. The van der Waals surface area contributed by atoms with Crippen molar-refractivity contribution in [3.63, 3.8) is 0 Å². The molecular formula is C22H20ClN5O. The average molecular weight is 406 g/mol. The number of allylic oxidation sites excluding steroid dienone is 5. The van der Waals surface area contributed by atoms with Crippen molar-refractivity contribution in [3.05, 3.63) is 82.7 Å². The lowest BCUT2D eigenvalue weighted by Crippen LogP contribution is -2.22. The molecule has 0 aliphatic heterocycles. The number of pyridine rings is 1. The maximum Gasteiger partial charge on any atom is 0.334 e. The lowest BCUT2D eigenvalue weighted by atomic mass is 10.2. The van der Waals surface area contributed by atoms with Crippen LogP contribution in [0.1, 0.15) is 19.7 Å². The van der Waals surface area contributed by atoms with Gasteiger partial charge in [-0.05, 0) is 56.3 Å². The third-order valence-corrected chi connectivity index (χ3v) is 5.03. The summed E-state index contributed by atoms with van der Waals surface area (Å²) in [5, 5.41) is 0.646. The van der Waals surface area contributed by atoms with E-state index in [4.69, 9.17) is 11.6 Å². The van der Waals surface area contributed by atoms with Gasteiger partial charge in [0.05, 0.1) is 16.6 Å². The van der Waals surface area contributed by atoms with Crippen molar-refractivity contribution in [2.75, 3.05) is 0 Å². The van der Waals surface area contributed by atoms with E-state index in [1.54, 1.807) is 27.5 Å². The Kier molecular flexibility index (Phi) is 4.94. The van der Waals surface area contributed by atoms with Crippen LogP contribution in [0.25, 0.3) is 33.5 Å². The largest absolute Gasteiger partial charge is 0.338 e. The summed E-state index contributed by atoms with van der Waals surface area (Å²) in [6.45, 7) is 8.28. The van der Waals surface area contributed by atoms with Crippen LogP contribution in [-0.4, -0.2) is 24.1 Å². The smallest absolute Gasteiger partial charge is 0.334 e. The summed E-state index contributed by atoms with van der Waals surface area (Å²) in [6, 6.07) is 9.23. The van der Waals surface area contributed by atoms with Gasteiger partial charge in [-0.1, -0.05) is 24.3 Å². The fourth-order valence-corrected chi connectivity index (χ4v) is 3.53. The SMILES string of the molecule is C=C/C(=C\C=C(/C)n1c(=O)n(CC)c2ncccc21)c1nc2ccc(Cl)cc2[nH]1. The fraction of sp³-hybridized carbons (Fsp3) is 0.136. The molecule has 0 bridgehead atoms. The molecule has 0 aliphatic rings. The van der Waals surface area contributed by atoms with Crippen molar-refractivity contribution in [2.45, 2.75) is 20.4 Å². The number of aromatic amines is 1. The molecule has 0 unspecified atom stereocenters. The van der Waals surface area contributed by atoms with Crippen molar-refractivity contribution in [1.29, 1.82) is 0 Å². The number of benzene rings is 1. The second kappa shape index (κ2) is 7.56. The van der Waals surface area contributed by atoms with Crippen LogP contribution < -0.4 is 5.69 Å². The summed E-state index contributed by atoms with van der Waals surface area (Å²) >= 11 is 6.06. The Labute approximate surface area is 172 Å². The van der Waals surface area contributed by atoms with Gasteiger partial charge in [0.15, 0.2) is 5.65 Å². The van der Waals surface area contributed by atoms with Crippen LogP contribution in [-0.2, 0) is 6.54 Å². The molecule has 1 N–H and O–H groups in total. The second-order valence-corrected chi connectivity index (χ2v) is 7.03. The van der Waals surface area contributed by atoms with Crippen molar-refractivity contribution >= 4 is 45.1 Å². The number of fused-ring (bicyclic) bond motifs is 2. The van der Waals surface area contributed by atoms with Gasteiger partial charge in [0.25, 0.3) is 0 Å². The van der Waals surface area contributed by atoms with Gasteiger partial charge in [0.2, 0.25) is 0 Å². The minimum absolute atomic E-state index is 0.109. The third kappa shape index (κ3) is 3.32. The van der Waals surface area contributed by atoms with Crippen molar-refractivity contribution in [2.24, 2.45) is 0 Å². The number of halogens is 1. The number of hydrogen-bond donors (Lipinski definition) is 1. The average Bonchev–Trinajstić information content (AvgIpc) is 3.25. The summed E-state index contributed by atoms with van der Waals surface area (Å²) in [6.07, 6.45) is 7.19. The van der Waals surface area contributed by atoms with E-state index < -0.39 is 0 Å². The molecule has 3 heterocycles. The van der Waals surface area contributed by atoms with Gasteiger partial charge in [0, 0.05) is 29.0 Å². The fourth-order valence-electron chi connectivity index (χ4n) is 3.36. The molecule has 146 valence electrons. The van der Waals surface area contributed by atoms with Crippen LogP contribution in [0.2, 0.25) is 5.02 Å². The van der Waals surface area contributed by atoms with E-state index in [0.717, 1.165) is 27.8 Å². The first-order chi connectivity index (χ1) is 14.0. The number of aryl methyl sites for hydroxylation is 1. The van der Waals surface area contributed by atoms with Gasteiger partial charge in [0.1, 0.15) is 5.82 Å². The van der Waals surface area contributed by atoms with E-state index >= 15 is 0 Å². The van der Waals surface area contributed by atoms with Crippen LogP contribution >= 0.6 is 11.6 Å². The van der Waals surface area contributed by atoms with Crippen molar-refractivity contribution in [3.8, 4) is 0 Å². The predicted octanol–water partition coefficient (Wildman–Crippen LogP) is 4.88. The molecule has 0 aliphatic carbocycles. The maximum absolute atomic E-state index is 12.9. The van der Waals surface area contributed by atoms with E-state index in [-0.39, 0.29) is 5.69 Å². The monoisotopic (exact) mass is 405 g/mol. The number of rotatable bonds is 5. The minimum atomic E-state index is -0.109. The summed E-state index contributed by atoms with van der Waals surface area (Å²) in [7, 11) is 0. The Balaban J connectivity index is 1.79. The van der Waals surface area contributed by atoms with Gasteiger partial charge < -0.3 is 4.98 Å². The number of nitrogens with one attached hydrogen (secondary N) is 1. The molecule has 3 aromatic heterocycles. The first-order valence-corrected chi connectivity index (χ1v) is 9.64. The van der Waals surface area contributed by atoms with Gasteiger partial charge in [-0.2, -0.15) is 0 Å². The summed E-state index contributed by atoms with van der Waals surface area (Å²) in [5.41, 5.74) is 4.61. The summed E-state index contributed by atoms with van der Waals surface area (Å²) < 4.78 is 3.33. The molecular weight excluding hydrogens is 386 g/mol. The lowest BCUT2D eigenvalue weighted by molar-refractivity contribution is 0.730. The standard InChI is InChI=1S/C22H20ClN5O/c1-4-15(20-25-17-11-10-16(23)13-18(17)26-20)9-8-14(3)28-19-7-6-12-24-21(19)27(5-2)22(28)29/h4,6-13H,1,5H2,2-3H3,(H,25,26)/b14-8+,15-9+. The van der Waals surface area contributed by atoms with Crippen LogP contribution in [0.4, 0.5) is 0 Å². The van der Waals surface area contributed by atoms with E-state index in [1.807, 2.05) is 50.3 Å². The predicted molar refractivity (Wildman–Crippen MR) is 119 cm³/mol. The molecule has 0 amide bonds. The molecule has 4 aromatic rings. The van der Waals surface area contributed by atoms with Crippen LogP contribution in [0.3, 0.4) is 0 Å². The highest BCUT2D eigenvalue weighted by atomic mass is 35.5. The Morgan fingerprint density at radius 1 is 1.31 bits per heavy atom. The second-order valence-electron chi connectivity index (χ2n) is 6.59. The number of H-pyrrole nitrogens is 1. The third-order valence-electron chi connectivity index (χ3n) is 4.80. The van der Waals surface area contributed by atoms with Crippen LogP contribution in [0.5, 0.6) is 0 Å². The lowest BCUT2D eigenvalue weighted by Gasteiger charge is -2.02. The number of aromatic nitrogens is 5. The molecule has 6 nitrogen and oxygen atoms in total. The van der Waals surface area contributed by atoms with E-state index in [1.165, 1.54) is 0 Å². The Morgan fingerprint density at radius 3 is 2.90 bits per heavy atom. The quantitative estimate of drug-likeness (QED) is 0.481. The summed E-state index contributed by atoms with van der Waals surface area (Å²) in [5.74, 6) is 0.686. The van der Waals surface area contributed by atoms with E-state index in [0.29, 0.717) is 23.0 Å². The highest BCUT2D eigenvalue weighted by molar-refractivity contribution is 6.31. The molecule has 0 spiro atoms. The molecule has 0 radical (unpaired) electrons. The van der Waals surface area contributed by atoms with E-state index in [2.05, 4.69) is 21.5 Å². The maximum atomic E-state index is 12.9. The molecule has 29 heavy (non-hydrogen) atoms. The normalized spacial score (nSPS) is 12.8. The molecule has 0 fully saturated rings. The number of hydrogen-bond acceptors (Lipinski definition) is 3. The zero-order chi connectivity index (χ0) is 20.5. The Bertz CT molecular complexity index is 1350. The van der Waals surface area contributed by atoms with Crippen LogP contribution in [0, 0.1) is 0 Å². The summed E-state index contributed by atoms with van der Waals surface area (Å²) in [4.78, 5) is 25.1. The van der Waals surface area contributed by atoms with E-state index in [9.17, 15) is 4.79 Å². The van der Waals surface area contributed by atoms with Crippen molar-refractivity contribution in [1.82, 2.24) is 24.1 Å². The van der Waals surface area contributed by atoms with Gasteiger partial charge >= 0.3 is 5.69 Å². The molecule has 1 aromatic carbocycles. The minimum Gasteiger partial charge on any atom is -0.338 e. The van der Waals surface area contributed by atoms with Gasteiger partial charge in [-0.15, -0.1) is 0 Å².